The van der Waals surface area contributed by atoms with Crippen LogP contribution in [-0.4, -0.2) is 41.2 Å². The van der Waals surface area contributed by atoms with Crippen molar-refractivity contribution in [3.63, 3.8) is 0 Å². The number of morpholine rings is 1. The Labute approximate surface area is 108 Å². The summed E-state index contributed by atoms with van der Waals surface area (Å²) < 4.78 is 6.41. The summed E-state index contributed by atoms with van der Waals surface area (Å²) in [7, 11) is 0. The summed E-state index contributed by atoms with van der Waals surface area (Å²) in [5, 5.41) is 0. The molecule has 1 aliphatic heterocycles. The largest absolute Gasteiger partial charge is 0.379 e. The highest BCUT2D eigenvalue weighted by atomic mass is 79.9. The molecule has 0 unspecified atom stereocenters. The van der Waals surface area contributed by atoms with E-state index in [9.17, 15) is 0 Å². The first kappa shape index (κ1) is 11.2. The van der Waals surface area contributed by atoms with E-state index < -0.39 is 0 Å². The Morgan fingerprint density at radius 2 is 2.18 bits per heavy atom. The standard InChI is InChI=1S/C12H14BrN3O/c13-9-1-2-10-11(7-9)15-12(14-10)8-16-3-5-17-6-4-16/h1-2,7H,3-6,8H2,(H,14,15). The van der Waals surface area contributed by atoms with Crippen LogP contribution in [-0.2, 0) is 11.3 Å². The molecule has 1 aliphatic rings. The van der Waals surface area contributed by atoms with E-state index in [1.807, 2.05) is 12.1 Å². The molecule has 4 nitrogen and oxygen atoms in total. The second kappa shape index (κ2) is 4.76. The summed E-state index contributed by atoms with van der Waals surface area (Å²) in [5.74, 6) is 1.03. The van der Waals surface area contributed by atoms with Gasteiger partial charge in [-0.05, 0) is 18.2 Å². The summed E-state index contributed by atoms with van der Waals surface area (Å²) in [6.07, 6.45) is 0. The van der Waals surface area contributed by atoms with Crippen molar-refractivity contribution < 1.29 is 4.74 Å². The SMILES string of the molecule is Brc1ccc2nc(CN3CCOCC3)[nH]c2c1. The van der Waals surface area contributed by atoms with Crippen LogP contribution in [0.15, 0.2) is 22.7 Å². The van der Waals surface area contributed by atoms with E-state index in [-0.39, 0.29) is 0 Å². The van der Waals surface area contributed by atoms with Crippen LogP contribution >= 0.6 is 15.9 Å². The first-order valence-electron chi connectivity index (χ1n) is 5.75. The van der Waals surface area contributed by atoms with Crippen molar-refractivity contribution in [3.05, 3.63) is 28.5 Å². The second-order valence-electron chi connectivity index (χ2n) is 4.23. The Bertz CT molecular complexity index is 519. The number of fused-ring (bicyclic) bond motifs is 1. The van der Waals surface area contributed by atoms with Crippen LogP contribution in [0.3, 0.4) is 0 Å². The van der Waals surface area contributed by atoms with Gasteiger partial charge in [0.25, 0.3) is 0 Å². The number of aromatic nitrogens is 2. The Morgan fingerprint density at radius 3 is 3.00 bits per heavy atom. The molecule has 0 atom stereocenters. The van der Waals surface area contributed by atoms with Gasteiger partial charge in [-0.25, -0.2) is 4.98 Å². The number of nitrogens with one attached hydrogen (secondary N) is 1. The number of hydrogen-bond donors (Lipinski definition) is 1. The lowest BCUT2D eigenvalue weighted by atomic mass is 10.3. The van der Waals surface area contributed by atoms with Gasteiger partial charge < -0.3 is 9.72 Å². The molecule has 1 N–H and O–H groups in total. The molecule has 0 saturated carbocycles. The topological polar surface area (TPSA) is 41.2 Å². The maximum Gasteiger partial charge on any atom is 0.121 e. The highest BCUT2D eigenvalue weighted by Gasteiger charge is 2.12. The van der Waals surface area contributed by atoms with Gasteiger partial charge in [0, 0.05) is 17.6 Å². The Balaban J connectivity index is 1.80. The quantitative estimate of drug-likeness (QED) is 0.923. The molecule has 2 heterocycles. The van der Waals surface area contributed by atoms with Crippen molar-refractivity contribution in [2.75, 3.05) is 26.3 Å². The number of benzene rings is 1. The van der Waals surface area contributed by atoms with E-state index in [0.29, 0.717) is 0 Å². The molecule has 90 valence electrons. The van der Waals surface area contributed by atoms with Crippen LogP contribution in [0, 0.1) is 0 Å². The fourth-order valence-corrected chi connectivity index (χ4v) is 2.44. The number of aromatic amines is 1. The van der Waals surface area contributed by atoms with Crippen molar-refractivity contribution in [3.8, 4) is 0 Å². The number of ether oxygens (including phenoxy) is 1. The van der Waals surface area contributed by atoms with Gasteiger partial charge in [0.05, 0.1) is 30.8 Å². The summed E-state index contributed by atoms with van der Waals surface area (Å²) in [4.78, 5) is 10.3. The molecule has 0 aliphatic carbocycles. The third kappa shape index (κ3) is 2.51. The Kier molecular flexibility index (Phi) is 3.13. The molecule has 1 aromatic heterocycles. The molecular formula is C12H14BrN3O. The molecule has 1 fully saturated rings. The lowest BCUT2D eigenvalue weighted by Gasteiger charge is -2.25. The zero-order chi connectivity index (χ0) is 11.7. The summed E-state index contributed by atoms with van der Waals surface area (Å²) >= 11 is 3.47. The molecule has 0 spiro atoms. The van der Waals surface area contributed by atoms with E-state index >= 15 is 0 Å². The highest BCUT2D eigenvalue weighted by molar-refractivity contribution is 9.10. The van der Waals surface area contributed by atoms with Crippen molar-refractivity contribution in [2.45, 2.75) is 6.54 Å². The molecule has 0 amide bonds. The van der Waals surface area contributed by atoms with Gasteiger partial charge in [0.2, 0.25) is 0 Å². The molecule has 0 radical (unpaired) electrons. The number of H-pyrrole nitrogens is 1. The van der Waals surface area contributed by atoms with E-state index in [1.165, 1.54) is 0 Å². The van der Waals surface area contributed by atoms with Gasteiger partial charge in [-0.2, -0.15) is 0 Å². The average Bonchev–Trinajstić information content (AvgIpc) is 2.71. The average molecular weight is 296 g/mol. The first-order valence-corrected chi connectivity index (χ1v) is 6.55. The fourth-order valence-electron chi connectivity index (χ4n) is 2.08. The zero-order valence-electron chi connectivity index (χ0n) is 9.45. The summed E-state index contributed by atoms with van der Waals surface area (Å²) in [5.41, 5.74) is 2.11. The van der Waals surface area contributed by atoms with E-state index in [2.05, 4.69) is 36.9 Å². The van der Waals surface area contributed by atoms with Crippen molar-refractivity contribution in [1.82, 2.24) is 14.9 Å². The van der Waals surface area contributed by atoms with Gasteiger partial charge in [0.15, 0.2) is 0 Å². The van der Waals surface area contributed by atoms with E-state index in [4.69, 9.17) is 4.74 Å². The van der Waals surface area contributed by atoms with Crippen LogP contribution in [0.5, 0.6) is 0 Å². The van der Waals surface area contributed by atoms with Crippen LogP contribution < -0.4 is 0 Å². The highest BCUT2D eigenvalue weighted by Crippen LogP contribution is 2.18. The van der Waals surface area contributed by atoms with Gasteiger partial charge in [-0.1, -0.05) is 15.9 Å². The molecule has 3 rings (SSSR count). The predicted octanol–water partition coefficient (Wildman–Crippen LogP) is 2.16. The van der Waals surface area contributed by atoms with E-state index in [1.54, 1.807) is 0 Å². The molecule has 1 saturated heterocycles. The van der Waals surface area contributed by atoms with Crippen LogP contribution in [0.2, 0.25) is 0 Å². The minimum atomic E-state index is 0.825. The van der Waals surface area contributed by atoms with Gasteiger partial charge in [-0.15, -0.1) is 0 Å². The molecular weight excluding hydrogens is 282 g/mol. The minimum absolute atomic E-state index is 0.825. The van der Waals surface area contributed by atoms with Gasteiger partial charge >= 0.3 is 0 Å². The third-order valence-corrected chi connectivity index (χ3v) is 3.46. The number of nitrogens with zero attached hydrogens (tertiary/aromatic N) is 2. The number of halogens is 1. The van der Waals surface area contributed by atoms with Gasteiger partial charge in [-0.3, -0.25) is 4.90 Å². The second-order valence-corrected chi connectivity index (χ2v) is 5.15. The maximum absolute atomic E-state index is 5.33. The number of hydrogen-bond acceptors (Lipinski definition) is 3. The van der Waals surface area contributed by atoms with Crippen molar-refractivity contribution in [2.24, 2.45) is 0 Å². The molecule has 5 heteroatoms. The zero-order valence-corrected chi connectivity index (χ0v) is 11.0. The lowest BCUT2D eigenvalue weighted by Crippen LogP contribution is -2.35. The molecule has 2 aromatic rings. The first-order chi connectivity index (χ1) is 8.31. The smallest absolute Gasteiger partial charge is 0.121 e. The maximum atomic E-state index is 5.33. The predicted molar refractivity (Wildman–Crippen MR) is 69.9 cm³/mol. The van der Waals surface area contributed by atoms with Crippen molar-refractivity contribution >= 4 is 27.0 Å². The lowest BCUT2D eigenvalue weighted by molar-refractivity contribution is 0.0332. The van der Waals surface area contributed by atoms with Crippen LogP contribution in [0.25, 0.3) is 11.0 Å². The van der Waals surface area contributed by atoms with E-state index in [0.717, 1.165) is 54.2 Å². The fraction of sp³-hybridized carbons (Fsp3) is 0.417. The Morgan fingerprint density at radius 1 is 1.35 bits per heavy atom. The Hall–Kier alpha value is -0.910. The number of imidazole rings is 1. The van der Waals surface area contributed by atoms with Crippen molar-refractivity contribution in [1.29, 1.82) is 0 Å². The molecule has 17 heavy (non-hydrogen) atoms. The normalized spacial score (nSPS) is 17.7. The third-order valence-electron chi connectivity index (χ3n) is 2.97. The van der Waals surface area contributed by atoms with Crippen LogP contribution in [0.4, 0.5) is 0 Å². The molecule has 1 aromatic carbocycles. The van der Waals surface area contributed by atoms with Gasteiger partial charge in [0.1, 0.15) is 5.82 Å². The molecule has 0 bridgehead atoms. The minimum Gasteiger partial charge on any atom is -0.379 e. The van der Waals surface area contributed by atoms with Crippen LogP contribution in [0.1, 0.15) is 5.82 Å². The number of rotatable bonds is 2. The summed E-state index contributed by atoms with van der Waals surface area (Å²) in [6.45, 7) is 4.49. The monoisotopic (exact) mass is 295 g/mol. The summed E-state index contributed by atoms with van der Waals surface area (Å²) in [6, 6.07) is 6.10.